The predicted molar refractivity (Wildman–Crippen MR) is 139 cm³/mol. The third-order valence-electron chi connectivity index (χ3n) is 6.29. The zero-order chi connectivity index (χ0) is 25.2. The first-order valence-electron chi connectivity index (χ1n) is 11.4. The van der Waals surface area contributed by atoms with Crippen molar-refractivity contribution in [1.82, 2.24) is 4.98 Å². The van der Waals surface area contributed by atoms with Gasteiger partial charge in [0.1, 0.15) is 17.2 Å². The Bertz CT molecular complexity index is 1400. The summed E-state index contributed by atoms with van der Waals surface area (Å²) < 4.78 is 16.8. The Balaban J connectivity index is 1.48. The first-order chi connectivity index (χ1) is 17.5. The Kier molecular flexibility index (Phi) is 6.47. The van der Waals surface area contributed by atoms with E-state index in [1.807, 2.05) is 54.6 Å². The van der Waals surface area contributed by atoms with Crippen LogP contribution in [0.15, 0.2) is 66.7 Å². The number of hydrogen-bond donors (Lipinski definition) is 1. The zero-order valence-corrected chi connectivity index (χ0v) is 20.9. The zero-order valence-electron chi connectivity index (χ0n) is 20.1. The number of nitrogens with one attached hydrogen (secondary N) is 1. The number of rotatable bonds is 7. The molecule has 1 N–H and O–H groups in total. The summed E-state index contributed by atoms with van der Waals surface area (Å²) >= 11 is 1.37. The highest BCUT2D eigenvalue weighted by molar-refractivity contribution is 7.22. The van der Waals surface area contributed by atoms with Gasteiger partial charge in [-0.05, 0) is 60.2 Å². The van der Waals surface area contributed by atoms with Gasteiger partial charge in [-0.3, -0.25) is 9.59 Å². The Morgan fingerprint density at radius 1 is 0.917 bits per heavy atom. The van der Waals surface area contributed by atoms with E-state index in [9.17, 15) is 9.59 Å². The van der Waals surface area contributed by atoms with E-state index >= 15 is 0 Å². The second kappa shape index (κ2) is 9.87. The summed E-state index contributed by atoms with van der Waals surface area (Å²) in [5.41, 5.74) is 2.31. The van der Waals surface area contributed by atoms with E-state index in [2.05, 4.69) is 10.3 Å². The van der Waals surface area contributed by atoms with Gasteiger partial charge >= 0.3 is 0 Å². The van der Waals surface area contributed by atoms with Crippen molar-refractivity contribution in [2.24, 2.45) is 5.92 Å². The molecule has 2 amide bonds. The van der Waals surface area contributed by atoms with Crippen LogP contribution >= 0.6 is 11.3 Å². The van der Waals surface area contributed by atoms with Crippen LogP contribution in [-0.2, 0) is 9.59 Å². The van der Waals surface area contributed by atoms with Crippen molar-refractivity contribution in [3.05, 3.63) is 72.3 Å². The monoisotopic (exact) mass is 503 g/mol. The van der Waals surface area contributed by atoms with E-state index in [1.54, 1.807) is 38.4 Å². The molecule has 0 spiro atoms. The maximum atomic E-state index is 13.6. The van der Waals surface area contributed by atoms with Crippen molar-refractivity contribution in [3.63, 3.8) is 0 Å². The van der Waals surface area contributed by atoms with Gasteiger partial charge in [0.15, 0.2) is 5.13 Å². The molecule has 1 fully saturated rings. The molecule has 2 heterocycles. The number of carbonyl (C=O) groups excluding carboxylic acids is 2. The third kappa shape index (κ3) is 4.45. The molecule has 0 saturated carbocycles. The van der Waals surface area contributed by atoms with Gasteiger partial charge in [0.25, 0.3) is 0 Å². The molecule has 1 aliphatic rings. The van der Waals surface area contributed by atoms with Crippen molar-refractivity contribution in [2.75, 3.05) is 31.5 Å². The number of methoxy groups -OCH3 is 3. The summed E-state index contributed by atoms with van der Waals surface area (Å²) in [5, 5.41) is 3.43. The minimum absolute atomic E-state index is 0.0767. The van der Waals surface area contributed by atoms with Crippen molar-refractivity contribution < 1.29 is 23.8 Å². The number of aromatic nitrogens is 1. The van der Waals surface area contributed by atoms with Crippen LogP contribution < -0.4 is 24.4 Å². The summed E-state index contributed by atoms with van der Waals surface area (Å²) in [6, 6.07) is 19.8. The molecule has 1 saturated heterocycles. The molecule has 2 atom stereocenters. The van der Waals surface area contributed by atoms with Crippen molar-refractivity contribution >= 4 is 44.2 Å². The van der Waals surface area contributed by atoms with Crippen molar-refractivity contribution in [3.8, 4) is 17.2 Å². The van der Waals surface area contributed by atoms with Crippen LogP contribution in [0.25, 0.3) is 10.2 Å². The van der Waals surface area contributed by atoms with Gasteiger partial charge in [-0.15, -0.1) is 0 Å². The minimum atomic E-state index is -0.616. The highest BCUT2D eigenvalue weighted by Gasteiger charge is 2.45. The molecule has 3 aromatic carbocycles. The van der Waals surface area contributed by atoms with E-state index in [-0.39, 0.29) is 18.2 Å². The fourth-order valence-corrected chi connectivity index (χ4v) is 5.38. The Morgan fingerprint density at radius 3 is 2.17 bits per heavy atom. The predicted octanol–water partition coefficient (Wildman–Crippen LogP) is 5.06. The molecule has 8 nitrogen and oxygen atoms in total. The lowest BCUT2D eigenvalue weighted by Gasteiger charge is -2.28. The molecule has 1 aromatic heterocycles. The maximum Gasteiger partial charge on any atom is 0.232 e. The number of ether oxygens (including phenoxy) is 3. The van der Waals surface area contributed by atoms with Crippen LogP contribution in [0.3, 0.4) is 0 Å². The highest BCUT2D eigenvalue weighted by atomic mass is 32.1. The molecule has 0 radical (unpaired) electrons. The van der Waals surface area contributed by atoms with E-state index in [4.69, 9.17) is 14.2 Å². The SMILES string of the molecule is COc1ccc([C@@H]2[C@H](C(=O)Nc3nc4ccc(OC)cc4s3)CC(=O)N2c2ccc(OC)cc2)cc1. The van der Waals surface area contributed by atoms with Crippen LogP contribution in [0.4, 0.5) is 10.8 Å². The third-order valence-corrected chi connectivity index (χ3v) is 7.23. The van der Waals surface area contributed by atoms with Gasteiger partial charge in [0, 0.05) is 12.1 Å². The average molecular weight is 504 g/mol. The lowest BCUT2D eigenvalue weighted by molar-refractivity contribution is -0.122. The van der Waals surface area contributed by atoms with E-state index < -0.39 is 12.0 Å². The standard InChI is InChI=1S/C27H25N3O5S/c1-33-18-8-4-16(5-9-18)25-21(15-24(31)30(25)17-6-10-19(34-2)11-7-17)26(32)29-27-28-22-13-12-20(35-3)14-23(22)36-27/h4-14,21,25H,15H2,1-3H3,(H,28,29,32)/t21-,25-/m1/s1. The Labute approximate surface area is 212 Å². The van der Waals surface area contributed by atoms with E-state index in [0.717, 1.165) is 21.5 Å². The number of benzene rings is 3. The normalized spacial score (nSPS) is 17.3. The molecular formula is C27H25N3O5S. The second-order valence-electron chi connectivity index (χ2n) is 8.33. The smallest absolute Gasteiger partial charge is 0.232 e. The Hall–Kier alpha value is -4.11. The Morgan fingerprint density at radius 2 is 1.53 bits per heavy atom. The highest BCUT2D eigenvalue weighted by Crippen LogP contribution is 2.43. The molecule has 0 unspecified atom stereocenters. The molecule has 1 aliphatic heterocycles. The molecular weight excluding hydrogens is 478 g/mol. The topological polar surface area (TPSA) is 90.0 Å². The first kappa shape index (κ1) is 23.6. The average Bonchev–Trinajstić information content (AvgIpc) is 3.48. The van der Waals surface area contributed by atoms with Gasteiger partial charge in [0.2, 0.25) is 11.8 Å². The summed E-state index contributed by atoms with van der Waals surface area (Å²) in [5.74, 6) is 1.11. The summed E-state index contributed by atoms with van der Waals surface area (Å²) in [7, 11) is 4.80. The van der Waals surface area contributed by atoms with Crippen LogP contribution in [0.5, 0.6) is 17.2 Å². The van der Waals surface area contributed by atoms with Gasteiger partial charge in [-0.2, -0.15) is 0 Å². The minimum Gasteiger partial charge on any atom is -0.497 e. The van der Waals surface area contributed by atoms with Crippen LogP contribution in [0.2, 0.25) is 0 Å². The molecule has 0 bridgehead atoms. The first-order valence-corrected chi connectivity index (χ1v) is 12.2. The fraction of sp³-hybridized carbons (Fsp3) is 0.222. The van der Waals surface area contributed by atoms with Crippen molar-refractivity contribution in [1.29, 1.82) is 0 Å². The summed E-state index contributed by atoms with van der Waals surface area (Å²) in [6.07, 6.45) is 0.0767. The lowest BCUT2D eigenvalue weighted by Crippen LogP contribution is -2.32. The fourth-order valence-electron chi connectivity index (χ4n) is 4.48. The lowest BCUT2D eigenvalue weighted by atomic mass is 9.92. The largest absolute Gasteiger partial charge is 0.497 e. The van der Waals surface area contributed by atoms with Gasteiger partial charge < -0.3 is 24.4 Å². The number of anilines is 2. The number of fused-ring (bicyclic) bond motifs is 1. The number of nitrogens with zero attached hydrogens (tertiary/aromatic N) is 2. The number of carbonyl (C=O) groups is 2. The van der Waals surface area contributed by atoms with Crippen LogP contribution in [-0.4, -0.2) is 38.1 Å². The molecule has 0 aliphatic carbocycles. The number of amides is 2. The number of thiazole rings is 1. The molecule has 36 heavy (non-hydrogen) atoms. The second-order valence-corrected chi connectivity index (χ2v) is 9.36. The van der Waals surface area contributed by atoms with Gasteiger partial charge in [0.05, 0.1) is 43.5 Å². The van der Waals surface area contributed by atoms with Crippen LogP contribution in [0, 0.1) is 5.92 Å². The van der Waals surface area contributed by atoms with E-state index in [1.165, 1.54) is 11.3 Å². The quantitative estimate of drug-likeness (QED) is 0.379. The van der Waals surface area contributed by atoms with Crippen molar-refractivity contribution in [2.45, 2.75) is 12.5 Å². The van der Waals surface area contributed by atoms with Crippen LogP contribution in [0.1, 0.15) is 18.0 Å². The van der Waals surface area contributed by atoms with Gasteiger partial charge in [-0.25, -0.2) is 4.98 Å². The van der Waals surface area contributed by atoms with E-state index in [0.29, 0.717) is 22.3 Å². The molecule has 184 valence electrons. The maximum absolute atomic E-state index is 13.6. The molecule has 4 aromatic rings. The molecule has 9 heteroatoms. The summed E-state index contributed by atoms with van der Waals surface area (Å²) in [6.45, 7) is 0. The van der Waals surface area contributed by atoms with Gasteiger partial charge in [-0.1, -0.05) is 23.5 Å². The molecule has 5 rings (SSSR count). The summed E-state index contributed by atoms with van der Waals surface area (Å²) in [4.78, 5) is 33.1. The number of hydrogen-bond acceptors (Lipinski definition) is 7.